The number of halogens is 2. The average Bonchev–Trinajstić information content (AvgIpc) is 2.03. The van der Waals surface area contributed by atoms with Gasteiger partial charge in [-0.2, -0.15) is 0 Å². The van der Waals surface area contributed by atoms with Crippen LogP contribution in [0.2, 0.25) is 5.15 Å². The quantitative estimate of drug-likeness (QED) is 0.388. The fraction of sp³-hybridized carbons (Fsp3) is 0.222. The maximum atomic E-state index is 5.68. The molecule has 12 heavy (non-hydrogen) atoms. The van der Waals surface area contributed by atoms with E-state index < -0.39 is 0 Å². The van der Waals surface area contributed by atoms with E-state index >= 15 is 0 Å². The first-order valence-electron chi connectivity index (χ1n) is 3.42. The van der Waals surface area contributed by atoms with Crippen LogP contribution in [0.15, 0.2) is 12.1 Å². The number of nitrogens with zero attached hydrogens (tertiary/aromatic N) is 1. The summed E-state index contributed by atoms with van der Waals surface area (Å²) in [5, 5.41) is 1.19. The van der Waals surface area contributed by atoms with Gasteiger partial charge in [0.2, 0.25) is 0 Å². The maximum Gasteiger partial charge on any atom is 0.129 e. The standard InChI is InChI=1S/C9H7BrClN/c1-7-8(3-2-6-10)4-5-9(11)12-7/h4-5H,6H2,1H3. The van der Waals surface area contributed by atoms with Gasteiger partial charge in [-0.25, -0.2) is 4.98 Å². The molecule has 0 radical (unpaired) electrons. The minimum atomic E-state index is 0.511. The first-order valence-corrected chi connectivity index (χ1v) is 4.92. The van der Waals surface area contributed by atoms with Crippen molar-refractivity contribution in [2.45, 2.75) is 6.92 Å². The van der Waals surface area contributed by atoms with Crippen LogP contribution in [-0.4, -0.2) is 10.3 Å². The van der Waals surface area contributed by atoms with Crippen molar-refractivity contribution >= 4 is 27.5 Å². The van der Waals surface area contributed by atoms with Crippen LogP contribution in [0.25, 0.3) is 0 Å². The van der Waals surface area contributed by atoms with Crippen molar-refractivity contribution in [3.8, 4) is 11.8 Å². The van der Waals surface area contributed by atoms with Crippen molar-refractivity contribution in [2.24, 2.45) is 0 Å². The molecule has 0 fully saturated rings. The number of hydrogen-bond donors (Lipinski definition) is 0. The first kappa shape index (κ1) is 9.57. The summed E-state index contributed by atoms with van der Waals surface area (Å²) < 4.78 is 0. The Hall–Kier alpha value is -0.520. The highest BCUT2D eigenvalue weighted by Gasteiger charge is 1.95. The van der Waals surface area contributed by atoms with Gasteiger partial charge in [-0.1, -0.05) is 39.4 Å². The summed E-state index contributed by atoms with van der Waals surface area (Å²) in [6.45, 7) is 1.89. The summed E-state index contributed by atoms with van der Waals surface area (Å²) in [5.74, 6) is 5.88. The van der Waals surface area contributed by atoms with E-state index in [4.69, 9.17) is 11.6 Å². The Morgan fingerprint density at radius 3 is 2.92 bits per heavy atom. The number of pyridine rings is 1. The molecule has 1 nitrogen and oxygen atoms in total. The Balaban J connectivity index is 3.01. The van der Waals surface area contributed by atoms with Crippen molar-refractivity contribution in [1.82, 2.24) is 4.98 Å². The molecule has 0 unspecified atom stereocenters. The normalized spacial score (nSPS) is 8.92. The highest BCUT2D eigenvalue weighted by atomic mass is 79.9. The molecule has 1 heterocycles. The van der Waals surface area contributed by atoms with Gasteiger partial charge >= 0.3 is 0 Å². The molecule has 62 valence electrons. The number of hydrogen-bond acceptors (Lipinski definition) is 1. The summed E-state index contributed by atoms with van der Waals surface area (Å²) in [4.78, 5) is 4.07. The third-order valence-electron chi connectivity index (χ3n) is 1.34. The third-order valence-corrected chi connectivity index (χ3v) is 1.83. The molecule has 0 bridgehead atoms. The molecular formula is C9H7BrClN. The lowest BCUT2D eigenvalue weighted by atomic mass is 10.2. The van der Waals surface area contributed by atoms with Crippen LogP contribution in [0.5, 0.6) is 0 Å². The summed E-state index contributed by atoms with van der Waals surface area (Å²) in [7, 11) is 0. The molecule has 1 aromatic rings. The predicted molar refractivity (Wildman–Crippen MR) is 54.7 cm³/mol. The topological polar surface area (TPSA) is 12.9 Å². The lowest BCUT2D eigenvalue weighted by molar-refractivity contribution is 1.19. The largest absolute Gasteiger partial charge is 0.240 e. The Morgan fingerprint density at radius 2 is 2.33 bits per heavy atom. The molecule has 1 aromatic heterocycles. The van der Waals surface area contributed by atoms with Gasteiger partial charge in [-0.3, -0.25) is 0 Å². The Kier molecular flexibility index (Phi) is 3.58. The monoisotopic (exact) mass is 243 g/mol. The van der Waals surface area contributed by atoms with Crippen molar-refractivity contribution in [3.05, 3.63) is 28.5 Å². The van der Waals surface area contributed by atoms with Crippen LogP contribution in [0, 0.1) is 18.8 Å². The number of aryl methyl sites for hydroxylation is 1. The highest BCUT2D eigenvalue weighted by Crippen LogP contribution is 2.09. The van der Waals surface area contributed by atoms with Gasteiger partial charge in [0, 0.05) is 5.56 Å². The van der Waals surface area contributed by atoms with Crippen LogP contribution in [0.3, 0.4) is 0 Å². The zero-order chi connectivity index (χ0) is 8.97. The SMILES string of the molecule is Cc1nc(Cl)ccc1C#CCBr. The molecule has 0 aliphatic carbocycles. The highest BCUT2D eigenvalue weighted by molar-refractivity contribution is 9.09. The van der Waals surface area contributed by atoms with Crippen LogP contribution in [-0.2, 0) is 0 Å². The predicted octanol–water partition coefficient (Wildman–Crippen LogP) is 2.79. The second-order valence-electron chi connectivity index (χ2n) is 2.20. The molecule has 0 spiro atoms. The number of aromatic nitrogens is 1. The summed E-state index contributed by atoms with van der Waals surface area (Å²) in [6.07, 6.45) is 0. The molecule has 0 amide bonds. The Labute approximate surface area is 85.3 Å². The van der Waals surface area contributed by atoms with Gasteiger partial charge in [-0.05, 0) is 19.1 Å². The molecule has 0 N–H and O–H groups in total. The third kappa shape index (κ3) is 2.51. The van der Waals surface area contributed by atoms with Gasteiger partial charge < -0.3 is 0 Å². The molecule has 0 aliphatic heterocycles. The fourth-order valence-corrected chi connectivity index (χ4v) is 1.12. The van der Waals surface area contributed by atoms with Crippen LogP contribution in [0.1, 0.15) is 11.3 Å². The molecule has 1 rings (SSSR count). The van der Waals surface area contributed by atoms with E-state index in [1.165, 1.54) is 0 Å². The van der Waals surface area contributed by atoms with Crippen molar-refractivity contribution in [2.75, 3.05) is 5.33 Å². The molecule has 0 aromatic carbocycles. The van der Waals surface area contributed by atoms with E-state index in [0.29, 0.717) is 10.5 Å². The Bertz CT molecular complexity index is 338. The molecule has 0 atom stereocenters. The number of alkyl halides is 1. The van der Waals surface area contributed by atoms with Crippen molar-refractivity contribution < 1.29 is 0 Å². The summed E-state index contributed by atoms with van der Waals surface area (Å²) in [6, 6.07) is 3.62. The van der Waals surface area contributed by atoms with Crippen molar-refractivity contribution in [3.63, 3.8) is 0 Å². The smallest absolute Gasteiger partial charge is 0.129 e. The second-order valence-corrected chi connectivity index (χ2v) is 3.15. The van der Waals surface area contributed by atoms with E-state index in [1.807, 2.05) is 13.0 Å². The molecule has 3 heteroatoms. The minimum Gasteiger partial charge on any atom is -0.240 e. The average molecular weight is 245 g/mol. The van der Waals surface area contributed by atoms with E-state index in [9.17, 15) is 0 Å². The van der Waals surface area contributed by atoms with Gasteiger partial charge in [0.15, 0.2) is 0 Å². The van der Waals surface area contributed by atoms with Gasteiger partial charge in [-0.15, -0.1) is 0 Å². The van der Waals surface area contributed by atoms with Crippen LogP contribution < -0.4 is 0 Å². The second kappa shape index (κ2) is 4.49. The maximum absolute atomic E-state index is 5.68. The van der Waals surface area contributed by atoms with E-state index in [-0.39, 0.29) is 0 Å². The minimum absolute atomic E-state index is 0.511. The fourth-order valence-electron chi connectivity index (χ4n) is 0.791. The first-order chi connectivity index (χ1) is 5.74. The summed E-state index contributed by atoms with van der Waals surface area (Å²) in [5.41, 5.74) is 1.80. The number of rotatable bonds is 0. The lowest BCUT2D eigenvalue weighted by Gasteiger charge is -1.96. The zero-order valence-corrected chi connectivity index (χ0v) is 8.91. The molecule has 0 aliphatic rings. The molecule has 0 saturated carbocycles. The van der Waals surface area contributed by atoms with Gasteiger partial charge in [0.05, 0.1) is 11.0 Å². The van der Waals surface area contributed by atoms with Gasteiger partial charge in [0.1, 0.15) is 5.15 Å². The van der Waals surface area contributed by atoms with Gasteiger partial charge in [0.25, 0.3) is 0 Å². The summed E-state index contributed by atoms with van der Waals surface area (Å²) >= 11 is 8.91. The lowest BCUT2D eigenvalue weighted by Crippen LogP contribution is -1.86. The van der Waals surface area contributed by atoms with E-state index in [1.54, 1.807) is 6.07 Å². The Morgan fingerprint density at radius 1 is 1.58 bits per heavy atom. The van der Waals surface area contributed by atoms with Crippen LogP contribution >= 0.6 is 27.5 Å². The molecule has 0 saturated heterocycles. The van der Waals surface area contributed by atoms with E-state index in [0.717, 1.165) is 11.3 Å². The molecular weight excluding hydrogens is 237 g/mol. The van der Waals surface area contributed by atoms with E-state index in [2.05, 4.69) is 32.8 Å². The van der Waals surface area contributed by atoms with Crippen LogP contribution in [0.4, 0.5) is 0 Å². The van der Waals surface area contributed by atoms with Crippen molar-refractivity contribution in [1.29, 1.82) is 0 Å². The zero-order valence-electron chi connectivity index (χ0n) is 6.56.